The highest BCUT2D eigenvalue weighted by Gasteiger charge is 2.19. The average molecular weight is 264 g/mol. The van der Waals surface area contributed by atoms with E-state index in [0.717, 1.165) is 12.5 Å². The van der Waals surface area contributed by atoms with E-state index in [1.165, 1.54) is 25.7 Å². The van der Waals surface area contributed by atoms with Crippen molar-refractivity contribution >= 4 is 17.2 Å². The van der Waals surface area contributed by atoms with Crippen molar-refractivity contribution in [1.29, 1.82) is 0 Å². The number of thiocarbonyl (C=S) groups is 1. The number of pyridine rings is 1. The van der Waals surface area contributed by atoms with Crippen molar-refractivity contribution < 1.29 is 4.74 Å². The predicted octanol–water partition coefficient (Wildman–Crippen LogP) is 2.92. The molecule has 4 heteroatoms. The van der Waals surface area contributed by atoms with E-state index < -0.39 is 0 Å². The Morgan fingerprint density at radius 2 is 2.33 bits per heavy atom. The van der Waals surface area contributed by atoms with Crippen molar-refractivity contribution in [1.82, 2.24) is 4.98 Å². The maximum Gasteiger partial charge on any atom is 0.213 e. The highest BCUT2D eigenvalue weighted by atomic mass is 32.1. The molecule has 0 spiro atoms. The van der Waals surface area contributed by atoms with Gasteiger partial charge in [-0.05, 0) is 30.7 Å². The molecule has 2 atom stereocenters. The summed E-state index contributed by atoms with van der Waals surface area (Å²) in [4.78, 5) is 4.60. The minimum absolute atomic E-state index is 0.312. The molecule has 0 aliphatic heterocycles. The molecule has 1 aliphatic rings. The van der Waals surface area contributed by atoms with Gasteiger partial charge in [0.25, 0.3) is 0 Å². The fourth-order valence-corrected chi connectivity index (χ4v) is 2.66. The van der Waals surface area contributed by atoms with Crippen LogP contribution in [-0.2, 0) is 0 Å². The van der Waals surface area contributed by atoms with Crippen molar-refractivity contribution in [3.63, 3.8) is 0 Å². The molecule has 2 rings (SSSR count). The molecule has 0 amide bonds. The van der Waals surface area contributed by atoms with E-state index in [2.05, 4.69) is 11.9 Å². The molecule has 1 heterocycles. The predicted molar refractivity (Wildman–Crippen MR) is 76.7 cm³/mol. The van der Waals surface area contributed by atoms with Gasteiger partial charge >= 0.3 is 0 Å². The normalized spacial score (nSPS) is 23.6. The van der Waals surface area contributed by atoms with Gasteiger partial charge < -0.3 is 10.5 Å². The van der Waals surface area contributed by atoms with Gasteiger partial charge in [-0.3, -0.25) is 0 Å². The van der Waals surface area contributed by atoms with Gasteiger partial charge in [0.2, 0.25) is 5.88 Å². The van der Waals surface area contributed by atoms with E-state index in [4.69, 9.17) is 22.7 Å². The minimum Gasteiger partial charge on any atom is -0.477 e. The second-order valence-corrected chi connectivity index (χ2v) is 5.61. The maximum atomic E-state index is 5.76. The van der Waals surface area contributed by atoms with Crippen LogP contribution in [0.15, 0.2) is 18.2 Å². The second-order valence-electron chi connectivity index (χ2n) is 5.17. The Morgan fingerprint density at radius 3 is 3.06 bits per heavy atom. The monoisotopic (exact) mass is 264 g/mol. The molecule has 0 aromatic carbocycles. The van der Waals surface area contributed by atoms with E-state index in [-0.39, 0.29) is 0 Å². The molecule has 0 bridgehead atoms. The van der Waals surface area contributed by atoms with Crippen molar-refractivity contribution in [2.75, 3.05) is 6.61 Å². The van der Waals surface area contributed by atoms with E-state index in [1.54, 1.807) is 6.07 Å². The molecule has 18 heavy (non-hydrogen) atoms. The lowest BCUT2D eigenvalue weighted by Crippen LogP contribution is -2.20. The summed E-state index contributed by atoms with van der Waals surface area (Å²) in [6.45, 7) is 3.07. The SMILES string of the molecule is CC1CCCC(COc2cccc(C(N)=S)n2)C1. The van der Waals surface area contributed by atoms with E-state index in [1.807, 2.05) is 12.1 Å². The summed E-state index contributed by atoms with van der Waals surface area (Å²) in [5.74, 6) is 2.10. The van der Waals surface area contributed by atoms with Gasteiger partial charge in [0.15, 0.2) is 0 Å². The molecular formula is C14H20N2OS. The highest BCUT2D eigenvalue weighted by Crippen LogP contribution is 2.28. The van der Waals surface area contributed by atoms with Crippen LogP contribution >= 0.6 is 12.2 Å². The molecule has 1 aromatic rings. The topological polar surface area (TPSA) is 48.1 Å². The lowest BCUT2D eigenvalue weighted by atomic mass is 9.83. The molecular weight excluding hydrogens is 244 g/mol. The number of ether oxygens (including phenoxy) is 1. The summed E-state index contributed by atoms with van der Waals surface area (Å²) in [7, 11) is 0. The number of hydrogen-bond acceptors (Lipinski definition) is 3. The molecule has 3 nitrogen and oxygen atoms in total. The third-order valence-corrected chi connectivity index (χ3v) is 3.70. The Hall–Kier alpha value is -1.16. The van der Waals surface area contributed by atoms with Crippen LogP contribution in [0.5, 0.6) is 5.88 Å². The first-order valence-electron chi connectivity index (χ1n) is 6.55. The molecule has 0 saturated heterocycles. The number of aromatic nitrogens is 1. The molecule has 1 aromatic heterocycles. The smallest absolute Gasteiger partial charge is 0.213 e. The van der Waals surface area contributed by atoms with Gasteiger partial charge in [-0.2, -0.15) is 0 Å². The van der Waals surface area contributed by atoms with Crippen LogP contribution in [-0.4, -0.2) is 16.6 Å². The van der Waals surface area contributed by atoms with Crippen LogP contribution in [0.1, 0.15) is 38.3 Å². The summed E-state index contributed by atoms with van der Waals surface area (Å²) < 4.78 is 5.76. The fraction of sp³-hybridized carbons (Fsp3) is 0.571. The van der Waals surface area contributed by atoms with Crippen LogP contribution in [0.3, 0.4) is 0 Å². The third-order valence-electron chi connectivity index (χ3n) is 3.49. The average Bonchev–Trinajstić information content (AvgIpc) is 2.37. The molecule has 1 saturated carbocycles. The lowest BCUT2D eigenvalue weighted by molar-refractivity contribution is 0.177. The molecule has 2 unspecified atom stereocenters. The summed E-state index contributed by atoms with van der Waals surface area (Å²) in [6.07, 6.45) is 5.19. The standard InChI is InChI=1S/C14H20N2OS/c1-10-4-2-5-11(8-10)9-17-13-7-3-6-12(16-13)14(15)18/h3,6-7,10-11H,2,4-5,8-9H2,1H3,(H2,15,18). The Bertz CT molecular complexity index is 422. The summed E-state index contributed by atoms with van der Waals surface area (Å²) in [5.41, 5.74) is 6.18. The van der Waals surface area contributed by atoms with Gasteiger partial charge in [0.05, 0.1) is 6.61 Å². The first kappa shape index (κ1) is 13.3. The Balaban J connectivity index is 1.89. The van der Waals surface area contributed by atoms with Gasteiger partial charge in [-0.25, -0.2) is 4.98 Å². The van der Waals surface area contributed by atoms with Crippen LogP contribution in [0.4, 0.5) is 0 Å². The Kier molecular flexibility index (Phi) is 4.53. The molecule has 1 fully saturated rings. The fourth-order valence-electron chi connectivity index (χ4n) is 2.55. The first-order chi connectivity index (χ1) is 8.65. The zero-order valence-corrected chi connectivity index (χ0v) is 11.6. The summed E-state index contributed by atoms with van der Waals surface area (Å²) in [5, 5.41) is 0. The molecule has 98 valence electrons. The van der Waals surface area contributed by atoms with E-state index >= 15 is 0 Å². The number of rotatable bonds is 4. The minimum atomic E-state index is 0.312. The van der Waals surface area contributed by atoms with Gasteiger partial charge in [0.1, 0.15) is 10.7 Å². The molecule has 0 radical (unpaired) electrons. The molecule has 2 N–H and O–H groups in total. The summed E-state index contributed by atoms with van der Waals surface area (Å²) in [6, 6.07) is 5.53. The van der Waals surface area contributed by atoms with E-state index in [9.17, 15) is 0 Å². The second kappa shape index (κ2) is 6.14. The number of hydrogen-bond donors (Lipinski definition) is 1. The van der Waals surface area contributed by atoms with Gasteiger partial charge in [0, 0.05) is 6.07 Å². The Labute approximate surface area is 114 Å². The lowest BCUT2D eigenvalue weighted by Gasteiger charge is -2.26. The van der Waals surface area contributed by atoms with Crippen molar-refractivity contribution in [3.8, 4) is 5.88 Å². The first-order valence-corrected chi connectivity index (χ1v) is 6.95. The zero-order chi connectivity index (χ0) is 13.0. The van der Waals surface area contributed by atoms with Crippen molar-refractivity contribution in [2.24, 2.45) is 17.6 Å². The van der Waals surface area contributed by atoms with E-state index in [0.29, 0.717) is 22.5 Å². The summed E-state index contributed by atoms with van der Waals surface area (Å²) >= 11 is 4.91. The zero-order valence-electron chi connectivity index (χ0n) is 10.8. The van der Waals surface area contributed by atoms with Crippen molar-refractivity contribution in [3.05, 3.63) is 23.9 Å². The van der Waals surface area contributed by atoms with Crippen molar-refractivity contribution in [2.45, 2.75) is 32.6 Å². The van der Waals surface area contributed by atoms with Crippen LogP contribution in [0, 0.1) is 11.8 Å². The number of nitrogens with zero attached hydrogens (tertiary/aromatic N) is 1. The van der Waals surface area contributed by atoms with Gasteiger partial charge in [-0.15, -0.1) is 0 Å². The largest absolute Gasteiger partial charge is 0.477 e. The number of nitrogens with two attached hydrogens (primary N) is 1. The molecule has 1 aliphatic carbocycles. The van der Waals surface area contributed by atoms with Crippen LogP contribution < -0.4 is 10.5 Å². The van der Waals surface area contributed by atoms with Crippen LogP contribution in [0.25, 0.3) is 0 Å². The quantitative estimate of drug-likeness (QED) is 0.849. The Morgan fingerprint density at radius 1 is 1.50 bits per heavy atom. The highest BCUT2D eigenvalue weighted by molar-refractivity contribution is 7.80. The third kappa shape index (κ3) is 3.67. The van der Waals surface area contributed by atoms with Gasteiger partial charge in [-0.1, -0.05) is 38.0 Å². The maximum absolute atomic E-state index is 5.76. The van der Waals surface area contributed by atoms with Crippen LogP contribution in [0.2, 0.25) is 0 Å².